The third-order valence-corrected chi connectivity index (χ3v) is 3.41. The van der Waals surface area contributed by atoms with E-state index in [9.17, 15) is 0 Å². The summed E-state index contributed by atoms with van der Waals surface area (Å²) in [5.41, 5.74) is 7.70. The third-order valence-electron chi connectivity index (χ3n) is 2.92. The molecule has 0 aliphatic carbocycles. The number of halogens is 1. The van der Waals surface area contributed by atoms with E-state index in [0.717, 1.165) is 17.8 Å². The predicted octanol–water partition coefficient (Wildman–Crippen LogP) is 1.68. The molecule has 92 valence electrons. The van der Waals surface area contributed by atoms with E-state index < -0.39 is 0 Å². The Morgan fingerprint density at radius 3 is 2.56 bits per heavy atom. The summed E-state index contributed by atoms with van der Waals surface area (Å²) in [4.78, 5) is 0. The Kier molecular flexibility index (Phi) is 4.35. The smallest absolute Gasteiger partial charge is 0.0847 e. The first-order valence-corrected chi connectivity index (χ1v) is 5.77. The highest BCUT2D eigenvalue weighted by atomic mass is 35.5. The Hall–Kier alpha value is -0.580. The standard InChI is InChI=1S/C11H20ClN3O/c1-5-11(13,7-16-4)6-9-10(12)8(2)14-15(9)3/h5-7,13H2,1-4H3. The van der Waals surface area contributed by atoms with Crippen LogP contribution in [-0.4, -0.2) is 29.0 Å². The SMILES string of the molecule is CCC(N)(COC)Cc1c(Cl)c(C)nn1C. The predicted molar refractivity (Wildman–Crippen MR) is 65.7 cm³/mol. The minimum atomic E-state index is -0.376. The molecule has 5 heteroatoms. The maximum Gasteiger partial charge on any atom is 0.0847 e. The maximum atomic E-state index is 6.26. The molecule has 0 amide bonds. The molecule has 0 saturated heterocycles. The molecule has 0 saturated carbocycles. The molecule has 1 unspecified atom stereocenters. The van der Waals surface area contributed by atoms with Crippen LogP contribution >= 0.6 is 11.6 Å². The molecule has 4 nitrogen and oxygen atoms in total. The molecular weight excluding hydrogens is 226 g/mol. The normalized spacial score (nSPS) is 15.1. The molecule has 0 fully saturated rings. The second-order valence-electron chi connectivity index (χ2n) is 4.30. The first-order valence-electron chi connectivity index (χ1n) is 5.39. The van der Waals surface area contributed by atoms with Gasteiger partial charge in [0, 0.05) is 26.1 Å². The van der Waals surface area contributed by atoms with E-state index in [0.29, 0.717) is 18.1 Å². The van der Waals surface area contributed by atoms with Gasteiger partial charge >= 0.3 is 0 Å². The van der Waals surface area contributed by atoms with Gasteiger partial charge in [0.15, 0.2) is 0 Å². The van der Waals surface area contributed by atoms with Crippen LogP contribution in [0.15, 0.2) is 0 Å². The minimum Gasteiger partial charge on any atom is -0.383 e. The number of aromatic nitrogens is 2. The molecule has 0 aliphatic rings. The largest absolute Gasteiger partial charge is 0.383 e. The van der Waals surface area contributed by atoms with Crippen LogP contribution in [0.3, 0.4) is 0 Å². The van der Waals surface area contributed by atoms with Crippen molar-refractivity contribution in [2.45, 2.75) is 32.2 Å². The van der Waals surface area contributed by atoms with Crippen LogP contribution in [0.2, 0.25) is 5.02 Å². The molecule has 0 bridgehead atoms. The fourth-order valence-electron chi connectivity index (χ4n) is 1.77. The van der Waals surface area contributed by atoms with Crippen molar-refractivity contribution in [1.29, 1.82) is 0 Å². The van der Waals surface area contributed by atoms with Crippen molar-refractivity contribution < 1.29 is 4.74 Å². The Balaban J connectivity index is 2.93. The first-order chi connectivity index (χ1) is 7.43. The van der Waals surface area contributed by atoms with E-state index in [1.54, 1.807) is 11.8 Å². The van der Waals surface area contributed by atoms with Gasteiger partial charge in [-0.25, -0.2) is 0 Å². The number of methoxy groups -OCH3 is 1. The molecule has 1 rings (SSSR count). The number of hydrogen-bond acceptors (Lipinski definition) is 3. The maximum absolute atomic E-state index is 6.26. The van der Waals surface area contributed by atoms with Gasteiger partial charge in [0.05, 0.1) is 23.0 Å². The van der Waals surface area contributed by atoms with Gasteiger partial charge in [-0.2, -0.15) is 5.10 Å². The van der Waals surface area contributed by atoms with Crippen molar-refractivity contribution in [1.82, 2.24) is 9.78 Å². The highest BCUT2D eigenvalue weighted by molar-refractivity contribution is 6.31. The van der Waals surface area contributed by atoms with Crippen LogP contribution < -0.4 is 5.73 Å². The summed E-state index contributed by atoms with van der Waals surface area (Å²) >= 11 is 6.20. The van der Waals surface area contributed by atoms with E-state index in [4.69, 9.17) is 22.1 Å². The Bertz CT molecular complexity index is 364. The number of aryl methyl sites for hydroxylation is 2. The molecule has 1 atom stereocenters. The lowest BCUT2D eigenvalue weighted by molar-refractivity contribution is 0.128. The Morgan fingerprint density at radius 1 is 1.56 bits per heavy atom. The first kappa shape index (κ1) is 13.5. The number of hydrogen-bond donors (Lipinski definition) is 1. The molecule has 0 aromatic carbocycles. The highest BCUT2D eigenvalue weighted by Gasteiger charge is 2.26. The molecule has 0 radical (unpaired) electrons. The summed E-state index contributed by atoms with van der Waals surface area (Å²) in [6, 6.07) is 0. The fourth-order valence-corrected chi connectivity index (χ4v) is 2.00. The van der Waals surface area contributed by atoms with Gasteiger partial charge in [-0.1, -0.05) is 18.5 Å². The van der Waals surface area contributed by atoms with Crippen LogP contribution in [0.25, 0.3) is 0 Å². The molecule has 0 spiro atoms. The zero-order valence-corrected chi connectivity index (χ0v) is 11.1. The molecular formula is C11H20ClN3O. The summed E-state index contributed by atoms with van der Waals surface area (Å²) in [5.74, 6) is 0. The van der Waals surface area contributed by atoms with Gasteiger partial charge in [-0.05, 0) is 13.3 Å². The number of rotatable bonds is 5. The van der Waals surface area contributed by atoms with Crippen molar-refractivity contribution in [2.24, 2.45) is 12.8 Å². The van der Waals surface area contributed by atoms with E-state index in [1.165, 1.54) is 0 Å². The average Bonchev–Trinajstić information content (AvgIpc) is 2.46. The summed E-state index contributed by atoms with van der Waals surface area (Å²) in [5, 5.41) is 4.99. The van der Waals surface area contributed by atoms with E-state index in [1.807, 2.05) is 14.0 Å². The Labute approximate surface area is 102 Å². The zero-order chi connectivity index (χ0) is 12.3. The van der Waals surface area contributed by atoms with Crippen molar-refractivity contribution in [3.63, 3.8) is 0 Å². The fraction of sp³-hybridized carbons (Fsp3) is 0.727. The van der Waals surface area contributed by atoms with Gasteiger partial charge in [0.2, 0.25) is 0 Å². The second kappa shape index (κ2) is 5.17. The molecule has 1 aromatic heterocycles. The monoisotopic (exact) mass is 245 g/mol. The number of ether oxygens (including phenoxy) is 1. The van der Waals surface area contributed by atoms with Gasteiger partial charge in [0.25, 0.3) is 0 Å². The van der Waals surface area contributed by atoms with E-state index in [2.05, 4.69) is 12.0 Å². The van der Waals surface area contributed by atoms with E-state index in [-0.39, 0.29) is 5.54 Å². The summed E-state index contributed by atoms with van der Waals surface area (Å²) in [7, 11) is 3.55. The summed E-state index contributed by atoms with van der Waals surface area (Å²) in [6.45, 7) is 4.46. The topological polar surface area (TPSA) is 53.1 Å². The van der Waals surface area contributed by atoms with Gasteiger partial charge in [0.1, 0.15) is 0 Å². The zero-order valence-electron chi connectivity index (χ0n) is 10.4. The van der Waals surface area contributed by atoms with Gasteiger partial charge in [-0.3, -0.25) is 4.68 Å². The molecule has 1 heterocycles. The molecule has 1 aromatic rings. The Morgan fingerprint density at radius 2 is 2.19 bits per heavy atom. The quantitative estimate of drug-likeness (QED) is 0.859. The van der Waals surface area contributed by atoms with E-state index >= 15 is 0 Å². The summed E-state index contributed by atoms with van der Waals surface area (Å²) < 4.78 is 6.96. The van der Waals surface area contributed by atoms with Crippen LogP contribution in [0.1, 0.15) is 24.7 Å². The molecule has 16 heavy (non-hydrogen) atoms. The summed E-state index contributed by atoms with van der Waals surface area (Å²) in [6.07, 6.45) is 1.51. The lowest BCUT2D eigenvalue weighted by Gasteiger charge is -2.27. The molecule has 0 aliphatic heterocycles. The highest BCUT2D eigenvalue weighted by Crippen LogP contribution is 2.24. The number of nitrogens with zero attached hydrogens (tertiary/aromatic N) is 2. The van der Waals surface area contributed by atoms with Crippen LogP contribution in [0, 0.1) is 6.92 Å². The van der Waals surface area contributed by atoms with Crippen LogP contribution in [0.5, 0.6) is 0 Å². The van der Waals surface area contributed by atoms with Crippen molar-refractivity contribution >= 4 is 11.6 Å². The lowest BCUT2D eigenvalue weighted by Crippen LogP contribution is -2.46. The van der Waals surface area contributed by atoms with Crippen LogP contribution in [0.4, 0.5) is 0 Å². The average molecular weight is 246 g/mol. The van der Waals surface area contributed by atoms with Crippen LogP contribution in [-0.2, 0) is 18.2 Å². The van der Waals surface area contributed by atoms with Crippen molar-refractivity contribution in [3.8, 4) is 0 Å². The van der Waals surface area contributed by atoms with Gasteiger partial charge in [-0.15, -0.1) is 0 Å². The second-order valence-corrected chi connectivity index (χ2v) is 4.67. The molecule has 2 N–H and O–H groups in total. The minimum absolute atomic E-state index is 0.376. The van der Waals surface area contributed by atoms with Gasteiger partial charge < -0.3 is 10.5 Å². The van der Waals surface area contributed by atoms with Crippen molar-refractivity contribution in [2.75, 3.05) is 13.7 Å². The van der Waals surface area contributed by atoms with Crippen molar-refractivity contribution in [3.05, 3.63) is 16.4 Å². The number of nitrogens with two attached hydrogens (primary N) is 1. The third kappa shape index (κ3) is 2.75. The lowest BCUT2D eigenvalue weighted by atomic mass is 9.92.